The summed E-state index contributed by atoms with van der Waals surface area (Å²) >= 11 is 3.95. The molecule has 0 aromatic rings. The summed E-state index contributed by atoms with van der Waals surface area (Å²) in [6, 6.07) is -3.84. The van der Waals surface area contributed by atoms with E-state index >= 15 is 0 Å². The van der Waals surface area contributed by atoms with Crippen LogP contribution in [0.2, 0.25) is 0 Å². The van der Waals surface area contributed by atoms with Crippen molar-refractivity contribution in [2.75, 3.05) is 18.8 Å². The highest BCUT2D eigenvalue weighted by Crippen LogP contribution is 2.09. The molecule has 3 amide bonds. The van der Waals surface area contributed by atoms with Crippen molar-refractivity contribution in [2.45, 2.75) is 83.0 Å². The zero-order valence-corrected chi connectivity index (χ0v) is 20.6. The maximum atomic E-state index is 13.0. The molecular weight excluding hydrogens is 448 g/mol. The van der Waals surface area contributed by atoms with Gasteiger partial charge in [-0.15, -0.1) is 0 Å². The Morgan fingerprint density at radius 2 is 1.24 bits per heavy atom. The number of carbonyl (C=O) groups is 4. The Morgan fingerprint density at radius 1 is 0.818 bits per heavy atom. The molecule has 12 heteroatoms. The Balaban J connectivity index is 5.45. The van der Waals surface area contributed by atoms with Crippen LogP contribution in [0.15, 0.2) is 0 Å². The fraction of sp³-hybridized carbons (Fsp3) is 0.810. The largest absolute Gasteiger partial charge is 0.480 e. The summed E-state index contributed by atoms with van der Waals surface area (Å²) in [5, 5.41) is 16.9. The summed E-state index contributed by atoms with van der Waals surface area (Å²) in [6.45, 7) is 4.63. The fourth-order valence-corrected chi connectivity index (χ4v) is 3.28. The Labute approximate surface area is 201 Å². The van der Waals surface area contributed by atoms with Gasteiger partial charge in [-0.3, -0.25) is 14.4 Å². The van der Waals surface area contributed by atoms with E-state index in [1.807, 2.05) is 13.8 Å². The number of unbranched alkanes of at least 4 members (excludes halogenated alkanes) is 2. The Kier molecular flexibility index (Phi) is 16.6. The number of nitrogens with two attached hydrogens (primary N) is 3. The van der Waals surface area contributed by atoms with E-state index in [0.29, 0.717) is 51.6 Å². The molecule has 0 heterocycles. The lowest BCUT2D eigenvalue weighted by Crippen LogP contribution is -2.57. The standard InChI is InChI=1S/C21H42N6O5S/c1-3-13(2)17(24)20(30)26-15(9-5-7-11-23)18(28)25-14(8-4-6-10-22)19(29)27-16(12-33)21(31)32/h13-17,33H,3-12,22-24H2,1-2H3,(H,25,28)(H,26,30)(H,27,29)(H,31,32). The van der Waals surface area contributed by atoms with Crippen molar-refractivity contribution in [1.82, 2.24) is 16.0 Å². The number of carboxylic acid groups (broad SMARTS) is 1. The van der Waals surface area contributed by atoms with E-state index in [-0.39, 0.29) is 18.1 Å². The van der Waals surface area contributed by atoms with E-state index in [1.54, 1.807) is 0 Å². The highest BCUT2D eigenvalue weighted by atomic mass is 32.1. The molecular formula is C21H42N6O5S. The van der Waals surface area contributed by atoms with E-state index in [4.69, 9.17) is 17.2 Å². The van der Waals surface area contributed by atoms with Crippen molar-refractivity contribution >= 4 is 36.3 Å². The van der Waals surface area contributed by atoms with Gasteiger partial charge in [0.2, 0.25) is 17.7 Å². The third-order valence-electron chi connectivity index (χ3n) is 5.52. The Hall–Kier alpha value is -1.89. The first kappa shape index (κ1) is 31.1. The molecule has 0 saturated carbocycles. The Morgan fingerprint density at radius 3 is 1.61 bits per heavy atom. The van der Waals surface area contributed by atoms with E-state index in [1.165, 1.54) is 0 Å². The summed E-state index contributed by atoms with van der Waals surface area (Å²) in [6.07, 6.45) is 3.75. The van der Waals surface area contributed by atoms with Crippen molar-refractivity contribution in [3.63, 3.8) is 0 Å². The normalized spacial score (nSPS) is 15.6. The zero-order chi connectivity index (χ0) is 25.4. The molecule has 33 heavy (non-hydrogen) atoms. The topological polar surface area (TPSA) is 203 Å². The van der Waals surface area contributed by atoms with Crippen molar-refractivity contribution in [3.8, 4) is 0 Å². The number of rotatable bonds is 18. The number of hydrogen-bond acceptors (Lipinski definition) is 8. The lowest BCUT2D eigenvalue weighted by atomic mass is 9.98. The molecule has 0 aliphatic heterocycles. The van der Waals surface area contributed by atoms with Crippen LogP contribution in [0.4, 0.5) is 0 Å². The van der Waals surface area contributed by atoms with Gasteiger partial charge in [0.1, 0.15) is 18.1 Å². The average Bonchev–Trinajstić information content (AvgIpc) is 2.79. The summed E-state index contributed by atoms with van der Waals surface area (Å²) in [4.78, 5) is 49.6. The van der Waals surface area contributed by atoms with Crippen molar-refractivity contribution in [3.05, 3.63) is 0 Å². The minimum Gasteiger partial charge on any atom is -0.480 e. The van der Waals surface area contributed by atoms with Crippen molar-refractivity contribution in [1.29, 1.82) is 0 Å². The molecule has 0 bridgehead atoms. The summed E-state index contributed by atoms with van der Waals surface area (Å²) in [5.41, 5.74) is 17.1. The molecule has 0 spiro atoms. The first-order chi connectivity index (χ1) is 15.6. The van der Waals surface area contributed by atoms with Gasteiger partial charge in [-0.1, -0.05) is 20.3 Å². The number of nitrogens with one attached hydrogen (secondary N) is 3. The molecule has 0 aliphatic rings. The molecule has 192 valence electrons. The third kappa shape index (κ3) is 12.2. The first-order valence-corrected chi connectivity index (χ1v) is 12.2. The van der Waals surface area contributed by atoms with Crippen LogP contribution in [-0.2, 0) is 19.2 Å². The molecule has 0 aliphatic carbocycles. The highest BCUT2D eigenvalue weighted by molar-refractivity contribution is 7.80. The smallest absolute Gasteiger partial charge is 0.327 e. The molecule has 0 aromatic heterocycles. The van der Waals surface area contributed by atoms with Crippen LogP contribution < -0.4 is 33.2 Å². The summed E-state index contributed by atoms with van der Waals surface area (Å²) in [5.74, 6) is -3.01. The van der Waals surface area contributed by atoms with E-state index in [0.717, 1.165) is 0 Å². The molecule has 5 atom stereocenters. The second-order valence-electron chi connectivity index (χ2n) is 8.18. The summed E-state index contributed by atoms with van der Waals surface area (Å²) < 4.78 is 0. The predicted octanol–water partition coefficient (Wildman–Crippen LogP) is -0.913. The van der Waals surface area contributed by atoms with Crippen LogP contribution in [0.1, 0.15) is 58.8 Å². The molecule has 0 radical (unpaired) electrons. The van der Waals surface area contributed by atoms with Crippen LogP contribution in [0.25, 0.3) is 0 Å². The van der Waals surface area contributed by atoms with E-state index < -0.39 is 47.9 Å². The lowest BCUT2D eigenvalue weighted by Gasteiger charge is -2.26. The summed E-state index contributed by atoms with van der Waals surface area (Å²) in [7, 11) is 0. The second kappa shape index (κ2) is 17.6. The molecule has 0 saturated heterocycles. The number of carboxylic acids is 1. The molecule has 10 N–H and O–H groups in total. The minimum atomic E-state index is -1.23. The number of aliphatic carboxylic acids is 1. The quantitative estimate of drug-likeness (QED) is 0.0890. The highest BCUT2D eigenvalue weighted by Gasteiger charge is 2.30. The van der Waals surface area contributed by atoms with Gasteiger partial charge in [0.05, 0.1) is 6.04 Å². The van der Waals surface area contributed by atoms with Gasteiger partial charge < -0.3 is 38.3 Å². The maximum Gasteiger partial charge on any atom is 0.327 e. The molecule has 11 nitrogen and oxygen atoms in total. The SMILES string of the molecule is CCC(C)C(N)C(=O)NC(CCCCN)C(=O)NC(CCCCN)C(=O)NC(CS)C(=O)O. The second-order valence-corrected chi connectivity index (χ2v) is 8.55. The monoisotopic (exact) mass is 490 g/mol. The van der Waals surface area contributed by atoms with Gasteiger partial charge in [-0.2, -0.15) is 12.6 Å². The van der Waals surface area contributed by atoms with Crippen LogP contribution in [0.3, 0.4) is 0 Å². The molecule has 0 fully saturated rings. The van der Waals surface area contributed by atoms with Gasteiger partial charge in [-0.25, -0.2) is 4.79 Å². The zero-order valence-electron chi connectivity index (χ0n) is 19.7. The first-order valence-electron chi connectivity index (χ1n) is 11.5. The Bertz CT molecular complexity index is 624. The van der Waals surface area contributed by atoms with Crippen LogP contribution in [-0.4, -0.2) is 71.8 Å². The number of thiol groups is 1. The van der Waals surface area contributed by atoms with Crippen molar-refractivity contribution in [2.24, 2.45) is 23.1 Å². The third-order valence-corrected chi connectivity index (χ3v) is 5.88. The number of amides is 3. The van der Waals surface area contributed by atoms with Crippen LogP contribution in [0, 0.1) is 5.92 Å². The fourth-order valence-electron chi connectivity index (χ4n) is 3.03. The van der Waals surface area contributed by atoms with E-state index in [9.17, 15) is 24.3 Å². The van der Waals surface area contributed by atoms with Gasteiger partial charge in [-0.05, 0) is 57.5 Å². The molecule has 5 unspecified atom stereocenters. The van der Waals surface area contributed by atoms with Gasteiger partial charge in [0.15, 0.2) is 0 Å². The lowest BCUT2D eigenvalue weighted by molar-refractivity contribution is -0.141. The predicted molar refractivity (Wildman–Crippen MR) is 131 cm³/mol. The van der Waals surface area contributed by atoms with Crippen LogP contribution >= 0.6 is 12.6 Å². The van der Waals surface area contributed by atoms with Crippen molar-refractivity contribution < 1.29 is 24.3 Å². The number of hydrogen-bond donors (Lipinski definition) is 8. The van der Waals surface area contributed by atoms with Crippen LogP contribution in [0.5, 0.6) is 0 Å². The maximum absolute atomic E-state index is 13.0. The average molecular weight is 491 g/mol. The van der Waals surface area contributed by atoms with Gasteiger partial charge >= 0.3 is 5.97 Å². The van der Waals surface area contributed by atoms with Gasteiger partial charge in [0, 0.05) is 5.75 Å². The number of carbonyl (C=O) groups excluding carboxylic acids is 3. The molecule has 0 rings (SSSR count). The molecule has 0 aromatic carbocycles. The van der Waals surface area contributed by atoms with Gasteiger partial charge in [0.25, 0.3) is 0 Å². The van der Waals surface area contributed by atoms with E-state index in [2.05, 4.69) is 28.6 Å². The minimum absolute atomic E-state index is 0.0678.